The van der Waals surface area contributed by atoms with Crippen LogP contribution in [0.25, 0.3) is 10.8 Å². The summed E-state index contributed by atoms with van der Waals surface area (Å²) in [6.07, 6.45) is 0.384. The van der Waals surface area contributed by atoms with Gasteiger partial charge in [0.05, 0.1) is 5.69 Å². The van der Waals surface area contributed by atoms with Gasteiger partial charge in [0.15, 0.2) is 0 Å². The van der Waals surface area contributed by atoms with Crippen molar-refractivity contribution in [3.8, 4) is 5.75 Å². The number of rotatable bonds is 7. The molecular formula is C26H23N3O3. The SMILES string of the molecule is Cc1ccc(NC(=O)[C@@H](Cc2ccccc2)Nc2cc(N=O)c3ccccc3c2O)cc1. The Bertz CT molecular complexity index is 1250. The van der Waals surface area contributed by atoms with E-state index in [0.717, 1.165) is 11.1 Å². The number of nitrogens with zero attached hydrogens (tertiary/aromatic N) is 1. The van der Waals surface area contributed by atoms with Gasteiger partial charge in [0, 0.05) is 22.9 Å². The van der Waals surface area contributed by atoms with E-state index in [9.17, 15) is 14.8 Å². The van der Waals surface area contributed by atoms with E-state index in [1.807, 2.05) is 61.5 Å². The van der Waals surface area contributed by atoms with Crippen molar-refractivity contribution in [2.45, 2.75) is 19.4 Å². The summed E-state index contributed by atoms with van der Waals surface area (Å²) in [6.45, 7) is 1.98. The Balaban J connectivity index is 1.68. The minimum absolute atomic E-state index is 0.0332. The largest absolute Gasteiger partial charge is 0.505 e. The summed E-state index contributed by atoms with van der Waals surface area (Å²) in [5, 5.41) is 21.1. The molecule has 6 nitrogen and oxygen atoms in total. The summed E-state index contributed by atoms with van der Waals surface area (Å²) >= 11 is 0. The summed E-state index contributed by atoms with van der Waals surface area (Å²) in [5.74, 6) is -0.292. The summed E-state index contributed by atoms with van der Waals surface area (Å²) in [5.41, 5.74) is 3.20. The van der Waals surface area contributed by atoms with Crippen molar-refractivity contribution in [1.29, 1.82) is 0 Å². The van der Waals surface area contributed by atoms with Gasteiger partial charge in [0.25, 0.3) is 0 Å². The van der Waals surface area contributed by atoms with Crippen molar-refractivity contribution < 1.29 is 9.90 Å². The maximum absolute atomic E-state index is 13.2. The molecule has 1 amide bonds. The predicted molar refractivity (Wildman–Crippen MR) is 128 cm³/mol. The summed E-state index contributed by atoms with van der Waals surface area (Å²) in [6, 6.07) is 24.9. The molecule has 0 spiro atoms. The van der Waals surface area contributed by atoms with Crippen molar-refractivity contribution in [3.05, 3.63) is 101 Å². The molecule has 0 heterocycles. The Morgan fingerprint density at radius 3 is 2.28 bits per heavy atom. The molecule has 0 saturated heterocycles. The highest BCUT2D eigenvalue weighted by Crippen LogP contribution is 2.39. The zero-order chi connectivity index (χ0) is 22.5. The van der Waals surface area contributed by atoms with Crippen molar-refractivity contribution in [1.82, 2.24) is 0 Å². The Labute approximate surface area is 185 Å². The van der Waals surface area contributed by atoms with E-state index in [4.69, 9.17) is 0 Å². The lowest BCUT2D eigenvalue weighted by Gasteiger charge is -2.21. The maximum atomic E-state index is 13.2. The number of benzene rings is 4. The first-order chi connectivity index (χ1) is 15.5. The highest BCUT2D eigenvalue weighted by molar-refractivity contribution is 6.02. The average Bonchev–Trinajstić information content (AvgIpc) is 2.82. The first-order valence-corrected chi connectivity index (χ1v) is 10.3. The van der Waals surface area contributed by atoms with Crippen LogP contribution in [0.2, 0.25) is 0 Å². The molecule has 3 N–H and O–H groups in total. The number of hydrogen-bond donors (Lipinski definition) is 3. The number of hydrogen-bond acceptors (Lipinski definition) is 5. The Morgan fingerprint density at radius 2 is 1.59 bits per heavy atom. The first kappa shape index (κ1) is 21.1. The molecule has 4 rings (SSSR count). The second kappa shape index (κ2) is 9.31. The quantitative estimate of drug-likeness (QED) is 0.253. The number of amides is 1. The third-order valence-electron chi connectivity index (χ3n) is 5.34. The van der Waals surface area contributed by atoms with Crippen LogP contribution in [-0.2, 0) is 11.2 Å². The van der Waals surface area contributed by atoms with E-state index in [2.05, 4.69) is 15.8 Å². The molecule has 0 bridgehead atoms. The zero-order valence-electron chi connectivity index (χ0n) is 17.6. The van der Waals surface area contributed by atoms with E-state index in [1.54, 1.807) is 24.3 Å². The van der Waals surface area contributed by atoms with E-state index >= 15 is 0 Å². The third-order valence-corrected chi connectivity index (χ3v) is 5.34. The van der Waals surface area contributed by atoms with E-state index in [0.29, 0.717) is 22.9 Å². The lowest BCUT2D eigenvalue weighted by Crippen LogP contribution is -2.36. The van der Waals surface area contributed by atoms with Crippen LogP contribution in [0, 0.1) is 11.8 Å². The van der Waals surface area contributed by atoms with Crippen molar-refractivity contribution in [2.75, 3.05) is 10.6 Å². The molecule has 4 aromatic carbocycles. The third kappa shape index (κ3) is 4.59. The number of nitroso groups, excluding NO2 is 1. The van der Waals surface area contributed by atoms with Crippen LogP contribution in [0.1, 0.15) is 11.1 Å². The monoisotopic (exact) mass is 425 g/mol. The van der Waals surface area contributed by atoms with E-state index in [-0.39, 0.29) is 23.0 Å². The number of aryl methyl sites for hydroxylation is 1. The fourth-order valence-electron chi connectivity index (χ4n) is 3.64. The molecule has 32 heavy (non-hydrogen) atoms. The zero-order valence-corrected chi connectivity index (χ0v) is 17.6. The Kier molecular flexibility index (Phi) is 6.12. The molecule has 0 aromatic heterocycles. The topological polar surface area (TPSA) is 90.8 Å². The molecule has 0 radical (unpaired) electrons. The highest BCUT2D eigenvalue weighted by Gasteiger charge is 2.22. The minimum Gasteiger partial charge on any atom is -0.505 e. The number of anilines is 2. The molecular weight excluding hydrogens is 402 g/mol. The van der Waals surface area contributed by atoms with E-state index < -0.39 is 6.04 Å². The standard InChI is InChI=1S/C26H23N3O3/c1-17-11-13-19(14-12-17)27-26(31)24(15-18-7-3-2-4-8-18)28-23-16-22(29-32)20-9-5-6-10-21(20)25(23)30/h2-14,16,24,28,30H,15H2,1H3,(H,27,31)/t24-/m1/s1. The summed E-state index contributed by atoms with van der Waals surface area (Å²) in [4.78, 5) is 24.6. The van der Waals surface area contributed by atoms with Crippen LogP contribution in [0.4, 0.5) is 17.1 Å². The molecule has 0 fully saturated rings. The number of nitrogens with one attached hydrogen (secondary N) is 2. The molecule has 0 aliphatic carbocycles. The highest BCUT2D eigenvalue weighted by atomic mass is 16.3. The van der Waals surface area contributed by atoms with Crippen molar-refractivity contribution in [3.63, 3.8) is 0 Å². The van der Waals surface area contributed by atoms with Gasteiger partial charge in [0.1, 0.15) is 17.5 Å². The number of phenols is 1. The number of phenolic OH excluding ortho intramolecular Hbond substituents is 1. The van der Waals surface area contributed by atoms with Gasteiger partial charge in [-0.3, -0.25) is 4.79 Å². The second-order valence-electron chi connectivity index (χ2n) is 7.67. The van der Waals surface area contributed by atoms with Crippen LogP contribution in [0.15, 0.2) is 90.1 Å². The number of fused-ring (bicyclic) bond motifs is 1. The molecule has 6 heteroatoms. The summed E-state index contributed by atoms with van der Waals surface area (Å²) < 4.78 is 0. The summed E-state index contributed by atoms with van der Waals surface area (Å²) in [7, 11) is 0. The van der Waals surface area contributed by atoms with Crippen LogP contribution >= 0.6 is 0 Å². The van der Waals surface area contributed by atoms with Gasteiger partial charge in [-0.25, -0.2) is 0 Å². The number of carbonyl (C=O) groups excluding carboxylic acids is 1. The first-order valence-electron chi connectivity index (χ1n) is 10.3. The molecule has 0 saturated carbocycles. The normalized spacial score (nSPS) is 11.7. The number of carbonyl (C=O) groups is 1. The molecule has 1 atom stereocenters. The molecule has 160 valence electrons. The van der Waals surface area contributed by atoms with Crippen LogP contribution in [0.3, 0.4) is 0 Å². The predicted octanol–water partition coefficient (Wildman–Crippen LogP) is 5.91. The fraction of sp³-hybridized carbons (Fsp3) is 0.115. The smallest absolute Gasteiger partial charge is 0.247 e. The van der Waals surface area contributed by atoms with Crippen molar-refractivity contribution in [2.24, 2.45) is 5.18 Å². The van der Waals surface area contributed by atoms with E-state index in [1.165, 1.54) is 6.07 Å². The molecule has 0 unspecified atom stereocenters. The number of aromatic hydroxyl groups is 1. The van der Waals surface area contributed by atoms with Gasteiger partial charge in [-0.05, 0) is 35.9 Å². The lowest BCUT2D eigenvalue weighted by molar-refractivity contribution is -0.116. The van der Waals surface area contributed by atoms with Crippen LogP contribution in [0.5, 0.6) is 5.75 Å². The van der Waals surface area contributed by atoms with Gasteiger partial charge in [-0.2, -0.15) is 0 Å². The van der Waals surface area contributed by atoms with Gasteiger partial charge in [-0.15, -0.1) is 4.91 Å². The molecule has 0 aliphatic rings. The Hall–Kier alpha value is -4.19. The lowest BCUT2D eigenvalue weighted by atomic mass is 10.0. The van der Waals surface area contributed by atoms with Crippen LogP contribution in [-0.4, -0.2) is 17.1 Å². The molecule has 4 aromatic rings. The van der Waals surface area contributed by atoms with Gasteiger partial charge >= 0.3 is 0 Å². The average molecular weight is 425 g/mol. The van der Waals surface area contributed by atoms with Gasteiger partial charge in [-0.1, -0.05) is 72.3 Å². The molecule has 0 aliphatic heterocycles. The fourth-order valence-corrected chi connectivity index (χ4v) is 3.64. The Morgan fingerprint density at radius 1 is 0.938 bits per heavy atom. The second-order valence-corrected chi connectivity index (χ2v) is 7.67. The van der Waals surface area contributed by atoms with Gasteiger partial charge < -0.3 is 15.7 Å². The maximum Gasteiger partial charge on any atom is 0.247 e. The van der Waals surface area contributed by atoms with Crippen LogP contribution < -0.4 is 10.6 Å². The minimum atomic E-state index is -0.703. The van der Waals surface area contributed by atoms with Crippen molar-refractivity contribution >= 4 is 33.7 Å². The van der Waals surface area contributed by atoms with Gasteiger partial charge in [0.2, 0.25) is 5.91 Å².